The Morgan fingerprint density at radius 3 is 2.73 bits per heavy atom. The number of hydrogen-bond acceptors (Lipinski definition) is 1. The van der Waals surface area contributed by atoms with Gasteiger partial charge in [-0.25, -0.2) is 4.39 Å². The topological polar surface area (TPSA) is 37.3 Å². The van der Waals surface area contributed by atoms with Crippen LogP contribution in [0.3, 0.4) is 0 Å². The molecule has 1 rings (SSSR count). The third kappa shape index (κ3) is 4.30. The van der Waals surface area contributed by atoms with E-state index in [2.05, 4.69) is 0 Å². The van der Waals surface area contributed by atoms with Gasteiger partial charge in [0.15, 0.2) is 0 Å². The molecule has 0 aliphatic carbocycles. The lowest BCUT2D eigenvalue weighted by Gasteiger charge is -2.02. The summed E-state index contributed by atoms with van der Waals surface area (Å²) in [7, 11) is 0. The largest absolute Gasteiger partial charge is 0.481 e. The Kier molecular flexibility index (Phi) is 4.56. The van der Waals surface area contributed by atoms with Crippen LogP contribution in [0, 0.1) is 5.82 Å². The summed E-state index contributed by atoms with van der Waals surface area (Å²) in [5.74, 6) is -1.13. The molecular weight excluding hydrogens is 219 g/mol. The number of halogens is 2. The molecule has 0 unspecified atom stereocenters. The van der Waals surface area contributed by atoms with Crippen molar-refractivity contribution >= 4 is 17.6 Å². The zero-order valence-electron chi connectivity index (χ0n) is 8.17. The average Bonchev–Trinajstić information content (AvgIpc) is 2.14. The van der Waals surface area contributed by atoms with Crippen molar-refractivity contribution in [1.82, 2.24) is 0 Å². The fourth-order valence-corrected chi connectivity index (χ4v) is 1.47. The van der Waals surface area contributed by atoms with E-state index in [0.29, 0.717) is 29.8 Å². The van der Waals surface area contributed by atoms with Crippen LogP contribution in [0.1, 0.15) is 24.8 Å². The number of rotatable bonds is 5. The van der Waals surface area contributed by atoms with Crippen molar-refractivity contribution in [3.05, 3.63) is 34.6 Å². The molecule has 0 saturated heterocycles. The summed E-state index contributed by atoms with van der Waals surface area (Å²) in [5, 5.41) is 8.79. The highest BCUT2D eigenvalue weighted by Gasteiger charge is 2.03. The predicted molar refractivity (Wildman–Crippen MR) is 56.6 cm³/mol. The second kappa shape index (κ2) is 5.71. The van der Waals surface area contributed by atoms with Crippen LogP contribution in [0.15, 0.2) is 18.2 Å². The van der Waals surface area contributed by atoms with E-state index in [0.717, 1.165) is 0 Å². The van der Waals surface area contributed by atoms with Crippen LogP contribution in [-0.2, 0) is 11.2 Å². The number of aliphatic carboxylic acids is 1. The summed E-state index contributed by atoms with van der Waals surface area (Å²) in [6, 6.07) is 4.55. The van der Waals surface area contributed by atoms with Crippen molar-refractivity contribution < 1.29 is 14.3 Å². The molecule has 0 heterocycles. The monoisotopic (exact) mass is 230 g/mol. The predicted octanol–water partition coefficient (Wildman–Crippen LogP) is 3.28. The van der Waals surface area contributed by atoms with Crippen LogP contribution in [0.4, 0.5) is 4.39 Å². The van der Waals surface area contributed by atoms with Crippen molar-refractivity contribution in [2.24, 2.45) is 0 Å². The second-order valence-corrected chi connectivity index (χ2v) is 3.77. The summed E-state index contributed by atoms with van der Waals surface area (Å²) < 4.78 is 13.2. The Bertz CT molecular complexity index is 352. The molecule has 82 valence electrons. The first-order valence-corrected chi connectivity index (χ1v) is 5.13. The quantitative estimate of drug-likeness (QED) is 0.789. The van der Waals surface area contributed by atoms with Gasteiger partial charge in [0.2, 0.25) is 0 Å². The number of unbranched alkanes of at least 4 members (excludes halogenated alkanes) is 1. The van der Waals surface area contributed by atoms with E-state index < -0.39 is 5.97 Å². The number of aryl methyl sites for hydroxylation is 1. The maximum Gasteiger partial charge on any atom is 0.303 e. The van der Waals surface area contributed by atoms with Crippen molar-refractivity contribution in [3.63, 3.8) is 0 Å². The highest BCUT2D eigenvalue weighted by atomic mass is 35.5. The van der Waals surface area contributed by atoms with Gasteiger partial charge in [0.25, 0.3) is 0 Å². The lowest BCUT2D eigenvalue weighted by molar-refractivity contribution is -0.137. The van der Waals surface area contributed by atoms with Crippen LogP contribution in [-0.4, -0.2) is 11.1 Å². The van der Waals surface area contributed by atoms with Crippen molar-refractivity contribution in [3.8, 4) is 0 Å². The number of carboxylic acid groups (broad SMARTS) is 1. The van der Waals surface area contributed by atoms with Gasteiger partial charge in [0.05, 0.1) is 0 Å². The molecule has 2 nitrogen and oxygen atoms in total. The van der Waals surface area contributed by atoms with Crippen LogP contribution in [0.5, 0.6) is 0 Å². The van der Waals surface area contributed by atoms with E-state index in [9.17, 15) is 9.18 Å². The highest BCUT2D eigenvalue weighted by Crippen LogP contribution is 2.16. The molecule has 1 aromatic carbocycles. The molecule has 0 fully saturated rings. The number of hydrogen-bond donors (Lipinski definition) is 1. The second-order valence-electron chi connectivity index (χ2n) is 3.34. The molecule has 0 aromatic heterocycles. The number of benzene rings is 1. The van der Waals surface area contributed by atoms with Crippen molar-refractivity contribution in [1.29, 1.82) is 0 Å². The minimum Gasteiger partial charge on any atom is -0.481 e. The first-order valence-electron chi connectivity index (χ1n) is 4.75. The molecule has 0 bridgehead atoms. The molecule has 15 heavy (non-hydrogen) atoms. The first kappa shape index (κ1) is 12.0. The molecule has 0 atom stereocenters. The molecule has 1 aromatic rings. The Morgan fingerprint density at radius 1 is 1.40 bits per heavy atom. The maximum absolute atomic E-state index is 13.2. The van der Waals surface area contributed by atoms with Gasteiger partial charge < -0.3 is 5.11 Å². The number of carboxylic acids is 1. The smallest absolute Gasteiger partial charge is 0.303 e. The highest BCUT2D eigenvalue weighted by molar-refractivity contribution is 6.30. The SMILES string of the molecule is O=C(O)CCCCc1ccc(Cl)cc1F. The van der Waals surface area contributed by atoms with Crippen LogP contribution >= 0.6 is 11.6 Å². The standard InChI is InChI=1S/C11H12ClFO2/c12-9-6-5-8(10(13)7-9)3-1-2-4-11(14)15/h5-7H,1-4H2,(H,14,15). The molecule has 4 heteroatoms. The maximum atomic E-state index is 13.2. The fourth-order valence-electron chi connectivity index (χ4n) is 1.32. The van der Waals surface area contributed by atoms with Crippen LogP contribution in [0.2, 0.25) is 5.02 Å². The fraction of sp³-hybridized carbons (Fsp3) is 0.364. The molecule has 0 aliphatic rings. The molecule has 0 saturated carbocycles. The van der Waals surface area contributed by atoms with E-state index >= 15 is 0 Å². The Balaban J connectivity index is 2.40. The minimum atomic E-state index is -0.813. The Hall–Kier alpha value is -1.09. The van der Waals surface area contributed by atoms with Gasteiger partial charge in [-0.2, -0.15) is 0 Å². The third-order valence-corrected chi connectivity index (χ3v) is 2.34. The summed E-state index contributed by atoms with van der Waals surface area (Å²) in [6.45, 7) is 0. The van der Waals surface area contributed by atoms with Crippen LogP contribution < -0.4 is 0 Å². The molecule has 0 amide bonds. The molecule has 0 aliphatic heterocycles. The summed E-state index contributed by atoms with van der Waals surface area (Å²) in [5.41, 5.74) is 0.588. The zero-order chi connectivity index (χ0) is 11.3. The molecular formula is C11H12ClFO2. The molecule has 1 N–H and O–H groups in total. The number of carbonyl (C=O) groups is 1. The van der Waals surface area contributed by atoms with E-state index in [1.807, 2.05) is 0 Å². The van der Waals surface area contributed by atoms with Gasteiger partial charge in [-0.1, -0.05) is 17.7 Å². The third-order valence-electron chi connectivity index (χ3n) is 2.10. The summed E-state index contributed by atoms with van der Waals surface area (Å²) in [4.78, 5) is 10.2. The lowest BCUT2D eigenvalue weighted by atomic mass is 10.1. The van der Waals surface area contributed by atoms with Gasteiger partial charge in [-0.3, -0.25) is 4.79 Å². The Morgan fingerprint density at radius 2 is 2.13 bits per heavy atom. The van der Waals surface area contributed by atoms with Crippen LogP contribution in [0.25, 0.3) is 0 Å². The van der Waals surface area contributed by atoms with Crippen molar-refractivity contribution in [2.75, 3.05) is 0 Å². The summed E-state index contributed by atoms with van der Waals surface area (Å²) in [6.07, 6.45) is 1.92. The van der Waals surface area contributed by atoms with E-state index in [1.54, 1.807) is 12.1 Å². The summed E-state index contributed by atoms with van der Waals surface area (Å²) >= 11 is 5.60. The van der Waals surface area contributed by atoms with E-state index in [-0.39, 0.29) is 12.2 Å². The van der Waals surface area contributed by atoms with Gasteiger partial charge >= 0.3 is 5.97 Å². The van der Waals surface area contributed by atoms with Gasteiger partial charge in [0, 0.05) is 11.4 Å². The minimum absolute atomic E-state index is 0.134. The average molecular weight is 231 g/mol. The van der Waals surface area contributed by atoms with E-state index in [4.69, 9.17) is 16.7 Å². The van der Waals surface area contributed by atoms with E-state index in [1.165, 1.54) is 6.07 Å². The lowest BCUT2D eigenvalue weighted by Crippen LogP contribution is -1.96. The van der Waals surface area contributed by atoms with Gasteiger partial charge in [0.1, 0.15) is 5.82 Å². The first-order chi connectivity index (χ1) is 7.09. The normalized spacial score (nSPS) is 10.3. The molecule has 0 spiro atoms. The van der Waals surface area contributed by atoms with Gasteiger partial charge in [-0.15, -0.1) is 0 Å². The Labute approximate surface area is 92.7 Å². The zero-order valence-corrected chi connectivity index (χ0v) is 8.93. The molecule has 0 radical (unpaired) electrons. The van der Waals surface area contributed by atoms with Gasteiger partial charge in [-0.05, 0) is 37.0 Å². The van der Waals surface area contributed by atoms with Crippen molar-refractivity contribution in [2.45, 2.75) is 25.7 Å².